The van der Waals surface area contributed by atoms with Crippen LogP contribution in [0.3, 0.4) is 0 Å². The van der Waals surface area contributed by atoms with E-state index >= 15 is 0 Å². The van der Waals surface area contributed by atoms with Crippen LogP contribution in [0, 0.1) is 0 Å². The van der Waals surface area contributed by atoms with Crippen LogP contribution in [0.2, 0.25) is 78.6 Å². The Morgan fingerprint density at radius 3 is 0.316 bits per heavy atom. The van der Waals surface area contributed by atoms with E-state index in [1.165, 1.54) is 0 Å². The van der Waals surface area contributed by atoms with Crippen molar-refractivity contribution in [2.75, 3.05) is 0 Å². The van der Waals surface area contributed by atoms with E-state index in [1.54, 1.807) is 0 Å². The zero-order valence-electron chi connectivity index (χ0n) is 18.2. The molecule has 0 amide bonds. The van der Waals surface area contributed by atoms with Crippen LogP contribution in [-0.2, 0) is 0 Å². The quantitative estimate of drug-likeness (QED) is 0.463. The van der Waals surface area contributed by atoms with Crippen LogP contribution >= 0.6 is 0 Å². The van der Waals surface area contributed by atoms with E-state index in [-0.39, 0.29) is 20.3 Å². The summed E-state index contributed by atoms with van der Waals surface area (Å²) in [5.74, 6) is 0. The molecule has 0 saturated carbocycles. The largest absolute Gasteiger partial charge is 1.00 e. The molecule has 0 unspecified atom stereocenters. The van der Waals surface area contributed by atoms with Crippen LogP contribution in [0.4, 0.5) is 0 Å². The molecule has 0 heterocycles. The Kier molecular flexibility index (Phi) is 257. The first kappa shape index (κ1) is 42.8. The maximum absolute atomic E-state index is 2.26. The Balaban J connectivity index is -0.0000000141. The van der Waals surface area contributed by atoms with Crippen LogP contribution in [0.5, 0.6) is 0 Å². The van der Waals surface area contributed by atoms with E-state index in [0.29, 0.717) is 57.1 Å². The summed E-state index contributed by atoms with van der Waals surface area (Å²) in [4.78, 5) is 0. The van der Waals surface area contributed by atoms with Gasteiger partial charge >= 0.3 is 18.9 Å². The van der Waals surface area contributed by atoms with Crippen molar-refractivity contribution in [3.8, 4) is 0 Å². The van der Waals surface area contributed by atoms with Gasteiger partial charge in [-0.25, -0.2) is 0 Å². The van der Waals surface area contributed by atoms with Gasteiger partial charge in [-0.1, -0.05) is 78.6 Å². The van der Waals surface area contributed by atoms with E-state index in [9.17, 15) is 0 Å². The maximum atomic E-state index is 2.26. The fourth-order valence-corrected chi connectivity index (χ4v) is 0. The van der Waals surface area contributed by atoms with Gasteiger partial charge in [0.25, 0.3) is 0 Å². The first-order valence-corrected chi connectivity index (χ1v) is 25.5. The van der Waals surface area contributed by atoms with Crippen molar-refractivity contribution >= 4 is 57.1 Å². The van der Waals surface area contributed by atoms with E-state index in [1.807, 2.05) is 0 Å². The molecule has 19 heavy (non-hydrogen) atoms. The molecule has 0 aromatic rings. The summed E-state index contributed by atoms with van der Waals surface area (Å²) >= 11 is 0. The van der Waals surface area contributed by atoms with Crippen LogP contribution in [0.1, 0.15) is 1.43 Å². The van der Waals surface area contributed by atoms with E-state index in [4.69, 9.17) is 0 Å². The summed E-state index contributed by atoms with van der Waals surface area (Å²) in [6, 6.07) is 0. The molecule has 0 aromatic carbocycles. The van der Waals surface area contributed by atoms with Gasteiger partial charge in [0, 0.05) is 57.1 Å². The third-order valence-electron chi connectivity index (χ3n) is 0. The molecule has 0 aliphatic carbocycles. The molecule has 0 nitrogen and oxygen atoms in total. The van der Waals surface area contributed by atoms with E-state index in [2.05, 4.69) is 78.6 Å². The third kappa shape index (κ3) is 1770. The molecule has 0 atom stereocenters. The molecule has 0 N–H and O–H groups in total. The minimum absolute atomic E-state index is 0. The number of hydrogen-bond donors (Lipinski definition) is 0. The number of hydrogen-bond acceptors (Lipinski definition) is 0. The fraction of sp³-hybridized carbons (Fsp3) is 1.00. The van der Waals surface area contributed by atoms with Crippen molar-refractivity contribution in [1.29, 1.82) is 0 Å². The van der Waals surface area contributed by atoms with E-state index in [0.717, 1.165) is 0 Å². The second kappa shape index (κ2) is 114. The van der Waals surface area contributed by atoms with E-state index < -0.39 is 0 Å². The smallest absolute Gasteiger partial charge is 1.00 e. The average Bonchev–Trinajstić information content (AvgIpc) is 2.23. The zero-order chi connectivity index (χ0) is 16.2. The summed E-state index contributed by atoms with van der Waals surface area (Å²) in [6.45, 7) is 27.2. The third-order valence-corrected chi connectivity index (χ3v) is 0. The Hall–Kier alpha value is 1.90. The Bertz CT molecular complexity index is 43.4. The summed E-state index contributed by atoms with van der Waals surface area (Å²) in [5, 5.41) is 0. The van der Waals surface area contributed by atoms with Crippen molar-refractivity contribution in [2.24, 2.45) is 0 Å². The molecule has 0 radical (unpaired) electrons. The van der Waals surface area contributed by atoms with Gasteiger partial charge in [-0.2, -0.15) is 0 Å². The average molecular weight is 369 g/mol. The zero-order valence-corrected chi connectivity index (χ0v) is 25.7. The molecule has 0 fully saturated rings. The molecule has 0 rings (SSSR count). The van der Waals surface area contributed by atoms with Gasteiger partial charge < -0.3 is 1.43 Å². The van der Waals surface area contributed by atoms with Crippen LogP contribution < -0.4 is 18.9 Å². The number of rotatable bonds is 0. The van der Waals surface area contributed by atoms with Gasteiger partial charge in [-0.15, -0.1) is 0 Å². The molecule has 7 heteroatoms. The second-order valence-electron chi connectivity index (χ2n) is 4.24. The molecule has 0 bridgehead atoms. The van der Waals surface area contributed by atoms with Gasteiger partial charge in [-0.05, 0) is 0 Å². The molecule has 122 valence electrons. The fourth-order valence-electron chi connectivity index (χ4n) is 0. The minimum atomic E-state index is 0. The molecule has 0 aliphatic heterocycles. The normalized spacial score (nSPS) is 5.68. The molecule has 0 spiro atoms. The second-order valence-corrected chi connectivity index (χ2v) is 12.7. The first-order valence-electron chi connectivity index (χ1n) is 8.49. The molecule has 0 aliphatic rings. The van der Waals surface area contributed by atoms with Gasteiger partial charge in [-0.3, -0.25) is 0 Å². The van der Waals surface area contributed by atoms with Crippen LogP contribution in [0.15, 0.2) is 0 Å². The Morgan fingerprint density at radius 1 is 0.316 bits per heavy atom. The summed E-state index contributed by atoms with van der Waals surface area (Å²) in [6.07, 6.45) is 0. The van der Waals surface area contributed by atoms with Gasteiger partial charge in [0.1, 0.15) is 0 Å². The molecule has 0 aromatic heterocycles. The maximum Gasteiger partial charge on any atom is 1.00 e. The summed E-state index contributed by atoms with van der Waals surface area (Å²) in [5.41, 5.74) is 0. The Morgan fingerprint density at radius 2 is 0.316 bits per heavy atom. The van der Waals surface area contributed by atoms with Crippen molar-refractivity contribution in [3.63, 3.8) is 0 Å². The van der Waals surface area contributed by atoms with Gasteiger partial charge in [0.2, 0.25) is 0 Å². The minimum Gasteiger partial charge on any atom is -1.00 e. The van der Waals surface area contributed by atoms with Gasteiger partial charge in [0.05, 0.1) is 0 Å². The van der Waals surface area contributed by atoms with Crippen molar-refractivity contribution in [2.45, 2.75) is 78.6 Å². The molecular formula is C12H49LiSi6. The first-order chi connectivity index (χ1) is 8.49. The van der Waals surface area contributed by atoms with Gasteiger partial charge in [0.15, 0.2) is 0 Å². The monoisotopic (exact) mass is 368 g/mol. The molecule has 0 saturated heterocycles. The predicted molar refractivity (Wildman–Crippen MR) is 123 cm³/mol. The summed E-state index contributed by atoms with van der Waals surface area (Å²) in [7, 11) is 2.50. The van der Waals surface area contributed by atoms with Crippen molar-refractivity contribution < 1.29 is 20.3 Å². The van der Waals surface area contributed by atoms with Crippen LogP contribution in [0.25, 0.3) is 0 Å². The predicted octanol–water partition coefficient (Wildman–Crippen LogP) is -1.38. The topological polar surface area (TPSA) is 0 Å². The standard InChI is InChI=1S/6C2H8Si.Li.H/c6*1-3-2;;/h6*3H2,1-2H3;;/q;;;;;;+1;-1. The van der Waals surface area contributed by atoms with Crippen LogP contribution in [-0.4, -0.2) is 57.1 Å². The molecular weight excluding hydrogens is 320 g/mol. The SMILES string of the molecule is C[SiH2]C.C[SiH2]C.C[SiH2]C.C[SiH2]C.C[SiH2]C.C[SiH2]C.[H-].[Li+]. The van der Waals surface area contributed by atoms with Crippen molar-refractivity contribution in [1.82, 2.24) is 0 Å². The summed E-state index contributed by atoms with van der Waals surface area (Å²) < 4.78 is 0. The van der Waals surface area contributed by atoms with Crippen molar-refractivity contribution in [3.05, 3.63) is 0 Å². The Labute approximate surface area is 155 Å².